The fourth-order valence-corrected chi connectivity index (χ4v) is 5.19. The highest BCUT2D eigenvalue weighted by Crippen LogP contribution is 2.30. The Kier molecular flexibility index (Phi) is 5.57. The van der Waals surface area contributed by atoms with Crippen LogP contribution in [0.2, 0.25) is 0 Å². The first-order chi connectivity index (χ1) is 14.2. The fraction of sp³-hybridized carbons (Fsp3) is 0.273. The molecule has 1 fully saturated rings. The molecule has 3 aromatic rings. The average Bonchev–Trinajstić information content (AvgIpc) is 2.74. The Morgan fingerprint density at radius 2 is 1.43 bits per heavy atom. The Morgan fingerprint density at radius 3 is 2.10 bits per heavy atom. The lowest BCUT2D eigenvalue weighted by Gasteiger charge is -2.34. The van der Waals surface area contributed by atoms with Crippen LogP contribution >= 0.6 is 0 Å². The SMILES string of the molecule is O=S(=O)(c1ccc(C(F)(F)F)cc1)N1CCN(Cc2cccc3ccccc23)CC1. The topological polar surface area (TPSA) is 40.6 Å². The molecule has 0 N–H and O–H groups in total. The lowest BCUT2D eigenvalue weighted by Crippen LogP contribution is -2.48. The summed E-state index contributed by atoms with van der Waals surface area (Å²) in [5.41, 5.74) is 0.327. The van der Waals surface area contributed by atoms with Crippen LogP contribution in [0.3, 0.4) is 0 Å². The van der Waals surface area contributed by atoms with Gasteiger partial charge in [-0.3, -0.25) is 4.90 Å². The zero-order valence-electron chi connectivity index (χ0n) is 16.1. The minimum absolute atomic E-state index is 0.113. The van der Waals surface area contributed by atoms with Gasteiger partial charge in [-0.1, -0.05) is 42.5 Å². The predicted octanol–water partition coefficient (Wildman–Crippen LogP) is 4.37. The minimum Gasteiger partial charge on any atom is -0.296 e. The number of sulfonamides is 1. The van der Waals surface area contributed by atoms with Gasteiger partial charge in [-0.05, 0) is 40.6 Å². The first-order valence-corrected chi connectivity index (χ1v) is 11.1. The van der Waals surface area contributed by atoms with Gasteiger partial charge in [0.05, 0.1) is 10.5 Å². The van der Waals surface area contributed by atoms with Gasteiger partial charge in [0.15, 0.2) is 0 Å². The van der Waals surface area contributed by atoms with Gasteiger partial charge < -0.3 is 0 Å². The van der Waals surface area contributed by atoms with E-state index in [9.17, 15) is 21.6 Å². The van der Waals surface area contributed by atoms with Crippen LogP contribution in [0, 0.1) is 0 Å². The molecular weight excluding hydrogens is 413 g/mol. The van der Waals surface area contributed by atoms with E-state index in [0.29, 0.717) is 26.2 Å². The molecule has 1 saturated heterocycles. The van der Waals surface area contributed by atoms with E-state index in [2.05, 4.69) is 29.2 Å². The van der Waals surface area contributed by atoms with Crippen molar-refractivity contribution in [1.29, 1.82) is 0 Å². The summed E-state index contributed by atoms with van der Waals surface area (Å²) in [6.07, 6.45) is -4.49. The Bertz CT molecular complexity index is 1130. The van der Waals surface area contributed by atoms with E-state index in [1.165, 1.54) is 20.6 Å². The molecule has 0 aromatic heterocycles. The van der Waals surface area contributed by atoms with E-state index in [1.807, 2.05) is 18.2 Å². The largest absolute Gasteiger partial charge is 0.416 e. The first-order valence-electron chi connectivity index (χ1n) is 9.61. The van der Waals surface area contributed by atoms with E-state index in [1.54, 1.807) is 0 Å². The summed E-state index contributed by atoms with van der Waals surface area (Å²) in [7, 11) is -3.82. The molecule has 0 saturated carbocycles. The number of hydrogen-bond donors (Lipinski definition) is 0. The molecule has 0 aliphatic carbocycles. The maximum Gasteiger partial charge on any atom is 0.416 e. The molecule has 1 heterocycles. The molecule has 0 atom stereocenters. The summed E-state index contributed by atoms with van der Waals surface area (Å²) in [4.78, 5) is 2.08. The van der Waals surface area contributed by atoms with E-state index < -0.39 is 21.8 Å². The van der Waals surface area contributed by atoms with Crippen LogP contribution < -0.4 is 0 Å². The maximum atomic E-state index is 12.8. The lowest BCUT2D eigenvalue weighted by molar-refractivity contribution is -0.137. The smallest absolute Gasteiger partial charge is 0.296 e. The Morgan fingerprint density at radius 1 is 0.800 bits per heavy atom. The van der Waals surface area contributed by atoms with Crippen LogP contribution in [0.1, 0.15) is 11.1 Å². The standard InChI is InChI=1S/C22H21F3N2O2S/c23-22(24,25)19-8-10-20(11-9-19)30(28,29)27-14-12-26(13-15-27)16-18-6-3-5-17-4-1-2-7-21(17)18/h1-11H,12-16H2. The number of hydrogen-bond acceptors (Lipinski definition) is 3. The first kappa shape index (κ1) is 20.8. The van der Waals surface area contributed by atoms with E-state index >= 15 is 0 Å². The van der Waals surface area contributed by atoms with Crippen LogP contribution in [0.15, 0.2) is 71.6 Å². The van der Waals surface area contributed by atoms with Crippen molar-refractivity contribution < 1.29 is 21.6 Å². The van der Waals surface area contributed by atoms with Crippen molar-refractivity contribution in [1.82, 2.24) is 9.21 Å². The van der Waals surface area contributed by atoms with Gasteiger partial charge in [0.1, 0.15) is 0 Å². The van der Waals surface area contributed by atoms with Crippen LogP contribution in [-0.4, -0.2) is 43.8 Å². The number of halogens is 3. The summed E-state index contributed by atoms with van der Waals surface area (Å²) < 4.78 is 65.1. The molecule has 158 valence electrons. The van der Waals surface area contributed by atoms with Gasteiger partial charge in [0.2, 0.25) is 10.0 Å². The molecular formula is C22H21F3N2O2S. The predicted molar refractivity (Wildman–Crippen MR) is 109 cm³/mol. The summed E-state index contributed by atoms with van der Waals surface area (Å²) in [6.45, 7) is 2.43. The highest BCUT2D eigenvalue weighted by Gasteiger charge is 2.32. The van der Waals surface area contributed by atoms with E-state index in [0.717, 1.165) is 30.8 Å². The summed E-state index contributed by atoms with van der Waals surface area (Å²) >= 11 is 0. The molecule has 8 heteroatoms. The third kappa shape index (κ3) is 4.21. The van der Waals surface area contributed by atoms with Crippen LogP contribution in [0.25, 0.3) is 10.8 Å². The summed E-state index contributed by atoms with van der Waals surface area (Å²) in [5, 5.41) is 2.35. The number of nitrogens with zero attached hydrogens (tertiary/aromatic N) is 2. The molecule has 0 unspecified atom stereocenters. The Balaban J connectivity index is 1.43. The van der Waals surface area contributed by atoms with Gasteiger partial charge in [0.25, 0.3) is 0 Å². The van der Waals surface area contributed by atoms with Crippen molar-refractivity contribution in [2.75, 3.05) is 26.2 Å². The average molecular weight is 434 g/mol. The van der Waals surface area contributed by atoms with Crippen molar-refractivity contribution in [2.45, 2.75) is 17.6 Å². The van der Waals surface area contributed by atoms with E-state index in [-0.39, 0.29) is 4.90 Å². The zero-order valence-corrected chi connectivity index (χ0v) is 17.0. The monoisotopic (exact) mass is 434 g/mol. The highest BCUT2D eigenvalue weighted by atomic mass is 32.2. The summed E-state index contributed by atoms with van der Waals surface area (Å²) in [5.74, 6) is 0. The van der Waals surface area contributed by atoms with Crippen molar-refractivity contribution >= 4 is 20.8 Å². The molecule has 30 heavy (non-hydrogen) atoms. The van der Waals surface area contributed by atoms with E-state index in [4.69, 9.17) is 0 Å². The Hall–Kier alpha value is -2.42. The number of rotatable bonds is 4. The van der Waals surface area contributed by atoms with Crippen molar-refractivity contribution in [3.05, 3.63) is 77.9 Å². The van der Waals surface area contributed by atoms with Crippen LogP contribution in [-0.2, 0) is 22.7 Å². The summed E-state index contributed by atoms with van der Waals surface area (Å²) in [6, 6.07) is 18.0. The maximum absolute atomic E-state index is 12.8. The third-order valence-corrected chi connectivity index (χ3v) is 7.34. The zero-order chi connectivity index (χ0) is 21.4. The fourth-order valence-electron chi connectivity index (χ4n) is 3.76. The van der Waals surface area contributed by atoms with Gasteiger partial charge in [-0.2, -0.15) is 17.5 Å². The second kappa shape index (κ2) is 8.02. The molecule has 0 radical (unpaired) electrons. The van der Waals surface area contributed by atoms with Crippen molar-refractivity contribution in [3.8, 4) is 0 Å². The normalized spacial score (nSPS) is 16.8. The molecule has 0 amide bonds. The number of piperazine rings is 1. The molecule has 0 bridgehead atoms. The van der Waals surface area contributed by atoms with Gasteiger partial charge in [0, 0.05) is 32.7 Å². The van der Waals surface area contributed by atoms with Crippen molar-refractivity contribution in [2.24, 2.45) is 0 Å². The van der Waals surface area contributed by atoms with Gasteiger partial charge in [-0.15, -0.1) is 0 Å². The second-order valence-corrected chi connectivity index (χ2v) is 9.28. The number of alkyl halides is 3. The number of benzene rings is 3. The lowest BCUT2D eigenvalue weighted by atomic mass is 10.0. The molecule has 0 spiro atoms. The van der Waals surface area contributed by atoms with Crippen molar-refractivity contribution in [3.63, 3.8) is 0 Å². The van der Waals surface area contributed by atoms with Crippen LogP contribution in [0.4, 0.5) is 13.2 Å². The van der Waals surface area contributed by atoms with Gasteiger partial charge in [-0.25, -0.2) is 8.42 Å². The minimum atomic E-state index is -4.49. The number of fused-ring (bicyclic) bond motifs is 1. The third-order valence-electron chi connectivity index (χ3n) is 5.42. The quantitative estimate of drug-likeness (QED) is 0.613. The van der Waals surface area contributed by atoms with Crippen LogP contribution in [0.5, 0.6) is 0 Å². The molecule has 3 aromatic carbocycles. The molecule has 1 aliphatic rings. The molecule has 1 aliphatic heterocycles. The molecule has 4 nitrogen and oxygen atoms in total. The Labute approximate surface area is 173 Å². The second-order valence-electron chi connectivity index (χ2n) is 7.34. The highest BCUT2D eigenvalue weighted by molar-refractivity contribution is 7.89. The molecule has 4 rings (SSSR count). The van der Waals surface area contributed by atoms with Gasteiger partial charge >= 0.3 is 6.18 Å².